The van der Waals surface area contributed by atoms with Gasteiger partial charge < -0.3 is 14.2 Å². The van der Waals surface area contributed by atoms with Crippen LogP contribution in [0.1, 0.15) is 12.8 Å². The Morgan fingerprint density at radius 3 is 3.14 bits per heavy atom. The fourth-order valence-corrected chi connectivity index (χ4v) is 1.18. The van der Waals surface area contributed by atoms with E-state index in [-0.39, 0.29) is 12.7 Å². The van der Waals surface area contributed by atoms with Crippen molar-refractivity contribution in [2.24, 2.45) is 0 Å². The molecule has 1 heterocycles. The number of hydrogen-bond acceptors (Lipinski definition) is 4. The second kappa shape index (κ2) is 6.41. The molecule has 1 rings (SSSR count). The zero-order valence-electron chi connectivity index (χ0n) is 8.25. The van der Waals surface area contributed by atoms with Gasteiger partial charge in [-0.15, -0.1) is 0 Å². The van der Waals surface area contributed by atoms with Crippen LogP contribution in [0, 0.1) is 11.8 Å². The molecule has 14 heavy (non-hydrogen) atoms. The molecular weight excluding hydrogens is 184 g/mol. The minimum Gasteiger partial charge on any atom is -0.459 e. The monoisotopic (exact) mass is 198 g/mol. The van der Waals surface area contributed by atoms with Crippen LogP contribution in [-0.2, 0) is 19.0 Å². The molecule has 1 saturated heterocycles. The van der Waals surface area contributed by atoms with E-state index in [0.29, 0.717) is 6.61 Å². The van der Waals surface area contributed by atoms with Crippen LogP contribution in [0.2, 0.25) is 0 Å². The number of carbonyl (C=O) groups is 1. The molecule has 78 valence electrons. The van der Waals surface area contributed by atoms with E-state index in [1.807, 2.05) is 0 Å². The van der Waals surface area contributed by atoms with Crippen LogP contribution < -0.4 is 0 Å². The first-order valence-electron chi connectivity index (χ1n) is 4.59. The molecule has 0 bridgehead atoms. The summed E-state index contributed by atoms with van der Waals surface area (Å²) in [5, 5.41) is 0. The summed E-state index contributed by atoms with van der Waals surface area (Å²) in [5.74, 6) is 4.30. The Kier molecular flexibility index (Phi) is 5.05. The Bertz CT molecular complexity index is 232. The molecule has 0 aromatic rings. The maximum atomic E-state index is 10.6. The molecule has 0 N–H and O–H groups in total. The Balaban J connectivity index is 2.02. The number of carbonyl (C=O) groups excluding carboxylic acids is 1. The summed E-state index contributed by atoms with van der Waals surface area (Å²) in [4.78, 5) is 10.6. The maximum Gasteiger partial charge on any atom is 0.384 e. The number of hydrogen-bond donors (Lipinski definition) is 0. The highest BCUT2D eigenvalue weighted by atomic mass is 16.5. The summed E-state index contributed by atoms with van der Waals surface area (Å²) in [6, 6.07) is 0. The van der Waals surface area contributed by atoms with Crippen LogP contribution in [0.5, 0.6) is 0 Å². The second-order valence-electron chi connectivity index (χ2n) is 2.94. The van der Waals surface area contributed by atoms with Gasteiger partial charge in [-0.05, 0) is 12.8 Å². The van der Waals surface area contributed by atoms with Gasteiger partial charge in [0.25, 0.3) is 0 Å². The van der Waals surface area contributed by atoms with Gasteiger partial charge in [-0.1, -0.05) is 5.92 Å². The minimum absolute atomic E-state index is 0.204. The lowest BCUT2D eigenvalue weighted by atomic mass is 10.2. The Morgan fingerprint density at radius 2 is 2.50 bits per heavy atom. The lowest BCUT2D eigenvalue weighted by Crippen LogP contribution is -2.14. The number of ether oxygens (including phenoxy) is 3. The lowest BCUT2D eigenvalue weighted by Gasteiger charge is -2.07. The van der Waals surface area contributed by atoms with Crippen LogP contribution in [0.15, 0.2) is 0 Å². The van der Waals surface area contributed by atoms with Gasteiger partial charge in [0, 0.05) is 12.5 Å². The smallest absolute Gasteiger partial charge is 0.384 e. The third kappa shape index (κ3) is 4.26. The summed E-state index contributed by atoms with van der Waals surface area (Å²) < 4.78 is 14.9. The zero-order chi connectivity index (χ0) is 10.2. The summed E-state index contributed by atoms with van der Waals surface area (Å²) in [7, 11) is 1.30. The maximum absolute atomic E-state index is 10.6. The molecule has 4 heteroatoms. The predicted octanol–water partition coefficient (Wildman–Crippen LogP) is 0.358. The van der Waals surface area contributed by atoms with Gasteiger partial charge >= 0.3 is 5.97 Å². The first-order valence-corrected chi connectivity index (χ1v) is 4.59. The van der Waals surface area contributed by atoms with Gasteiger partial charge in [0.15, 0.2) is 0 Å². The molecule has 0 aliphatic carbocycles. The molecule has 0 spiro atoms. The molecule has 0 radical (unpaired) electrons. The molecular formula is C10H14O4. The third-order valence-electron chi connectivity index (χ3n) is 1.88. The summed E-state index contributed by atoms with van der Waals surface area (Å²) in [6.45, 7) is 1.62. The normalized spacial score (nSPS) is 19.9. The van der Waals surface area contributed by atoms with Crippen molar-refractivity contribution in [2.45, 2.75) is 18.9 Å². The van der Waals surface area contributed by atoms with Gasteiger partial charge in [0.1, 0.15) is 6.61 Å². The van der Waals surface area contributed by atoms with E-state index in [4.69, 9.17) is 9.47 Å². The molecule has 0 aromatic heterocycles. The molecule has 1 fully saturated rings. The highest BCUT2D eigenvalue weighted by molar-refractivity contribution is 5.88. The van der Waals surface area contributed by atoms with Crippen LogP contribution in [0.3, 0.4) is 0 Å². The molecule has 0 unspecified atom stereocenters. The van der Waals surface area contributed by atoms with E-state index >= 15 is 0 Å². The predicted molar refractivity (Wildman–Crippen MR) is 49.6 cm³/mol. The topological polar surface area (TPSA) is 44.8 Å². The highest BCUT2D eigenvalue weighted by Gasteiger charge is 2.14. The van der Waals surface area contributed by atoms with Gasteiger partial charge in [-0.25, -0.2) is 4.79 Å². The average molecular weight is 198 g/mol. The third-order valence-corrected chi connectivity index (χ3v) is 1.88. The highest BCUT2D eigenvalue weighted by Crippen LogP contribution is 2.11. The van der Waals surface area contributed by atoms with Crippen LogP contribution in [-0.4, -0.2) is 39.0 Å². The lowest BCUT2D eigenvalue weighted by molar-refractivity contribution is -0.133. The van der Waals surface area contributed by atoms with Gasteiger partial charge in [-0.2, -0.15) is 0 Å². The van der Waals surface area contributed by atoms with E-state index < -0.39 is 5.97 Å². The molecule has 1 atom stereocenters. The van der Waals surface area contributed by atoms with Crippen molar-refractivity contribution in [2.75, 3.05) is 26.9 Å². The fourth-order valence-electron chi connectivity index (χ4n) is 1.18. The van der Waals surface area contributed by atoms with E-state index in [1.165, 1.54) is 7.11 Å². The van der Waals surface area contributed by atoms with Crippen LogP contribution in [0.25, 0.3) is 0 Å². The molecule has 1 aliphatic rings. The Labute approximate surface area is 83.5 Å². The number of esters is 1. The number of methoxy groups -OCH3 is 1. The first-order chi connectivity index (χ1) is 6.83. The van der Waals surface area contributed by atoms with E-state index in [0.717, 1.165) is 19.4 Å². The van der Waals surface area contributed by atoms with Crippen molar-refractivity contribution in [3.63, 3.8) is 0 Å². The fraction of sp³-hybridized carbons (Fsp3) is 0.700. The first kappa shape index (κ1) is 11.0. The molecule has 0 amide bonds. The molecule has 4 nitrogen and oxygen atoms in total. The quantitative estimate of drug-likeness (QED) is 0.284. The second-order valence-corrected chi connectivity index (χ2v) is 2.94. The largest absolute Gasteiger partial charge is 0.459 e. The van der Waals surface area contributed by atoms with Crippen molar-refractivity contribution >= 4 is 5.97 Å². The molecule has 0 aromatic carbocycles. The van der Waals surface area contributed by atoms with Gasteiger partial charge in [-0.3, -0.25) is 0 Å². The Hall–Kier alpha value is -1.05. The van der Waals surface area contributed by atoms with Crippen molar-refractivity contribution in [3.8, 4) is 11.8 Å². The average Bonchev–Trinajstić information content (AvgIpc) is 2.69. The Morgan fingerprint density at radius 1 is 1.64 bits per heavy atom. The van der Waals surface area contributed by atoms with Crippen molar-refractivity contribution in [1.29, 1.82) is 0 Å². The van der Waals surface area contributed by atoms with E-state index in [2.05, 4.69) is 16.6 Å². The molecule has 1 aliphatic heterocycles. The molecule has 0 saturated carbocycles. The van der Waals surface area contributed by atoms with Gasteiger partial charge in [0.05, 0.1) is 19.8 Å². The van der Waals surface area contributed by atoms with Crippen molar-refractivity contribution in [1.82, 2.24) is 0 Å². The zero-order valence-corrected chi connectivity index (χ0v) is 8.25. The van der Waals surface area contributed by atoms with Crippen molar-refractivity contribution < 1.29 is 19.0 Å². The summed E-state index contributed by atoms with van der Waals surface area (Å²) in [5.41, 5.74) is 0. The van der Waals surface area contributed by atoms with Gasteiger partial charge in [0.2, 0.25) is 0 Å². The summed E-state index contributed by atoms with van der Waals surface area (Å²) in [6.07, 6.45) is 2.35. The van der Waals surface area contributed by atoms with Crippen LogP contribution in [0.4, 0.5) is 0 Å². The number of rotatable bonds is 3. The SMILES string of the molecule is COC(=O)C#CCOC[C@@H]1CCCO1. The van der Waals surface area contributed by atoms with Crippen LogP contribution >= 0.6 is 0 Å². The standard InChI is InChI=1S/C10H14O4/c1-12-10(11)5-3-6-13-8-9-4-2-7-14-9/h9H,2,4,6-8H2,1H3/t9-/m0/s1. The van der Waals surface area contributed by atoms with E-state index in [9.17, 15) is 4.79 Å². The van der Waals surface area contributed by atoms with Crippen molar-refractivity contribution in [3.05, 3.63) is 0 Å². The summed E-state index contributed by atoms with van der Waals surface area (Å²) >= 11 is 0. The minimum atomic E-state index is -0.536. The van der Waals surface area contributed by atoms with E-state index in [1.54, 1.807) is 0 Å².